The molecule has 0 heterocycles. The number of hydrogen-bond acceptors (Lipinski definition) is 3. The van der Waals surface area contributed by atoms with Gasteiger partial charge in [0.1, 0.15) is 5.82 Å². The number of rotatable bonds is 5. The van der Waals surface area contributed by atoms with Crippen molar-refractivity contribution in [1.29, 1.82) is 0 Å². The molecule has 0 saturated heterocycles. The second-order valence-electron chi connectivity index (χ2n) is 4.93. The van der Waals surface area contributed by atoms with Crippen molar-refractivity contribution in [2.45, 2.75) is 13.0 Å². The molecule has 0 aliphatic heterocycles. The summed E-state index contributed by atoms with van der Waals surface area (Å²) in [4.78, 5) is 12.3. The molecule has 2 aromatic rings. The summed E-state index contributed by atoms with van der Waals surface area (Å²) in [7, 11) is 3.10. The number of ether oxygens (including phenoxy) is 2. The van der Waals surface area contributed by atoms with Gasteiger partial charge >= 0.3 is 0 Å². The van der Waals surface area contributed by atoms with Gasteiger partial charge in [0.05, 0.1) is 30.8 Å². The Bertz CT molecular complexity index is 721. The average molecular weight is 338 g/mol. The fourth-order valence-corrected chi connectivity index (χ4v) is 2.41. The summed E-state index contributed by atoms with van der Waals surface area (Å²) in [6.07, 6.45) is 0. The maximum Gasteiger partial charge on any atom is 0.253 e. The highest BCUT2D eigenvalue weighted by molar-refractivity contribution is 6.33. The predicted molar refractivity (Wildman–Crippen MR) is 86.8 cm³/mol. The lowest BCUT2D eigenvalue weighted by Gasteiger charge is -2.17. The van der Waals surface area contributed by atoms with Crippen LogP contribution in [-0.2, 0) is 0 Å². The first-order valence-corrected chi connectivity index (χ1v) is 7.32. The molecule has 0 spiro atoms. The summed E-state index contributed by atoms with van der Waals surface area (Å²) in [5, 5.41) is 2.89. The van der Waals surface area contributed by atoms with Crippen LogP contribution >= 0.6 is 11.6 Å². The molecule has 122 valence electrons. The Morgan fingerprint density at radius 3 is 2.43 bits per heavy atom. The zero-order chi connectivity index (χ0) is 17.0. The second kappa shape index (κ2) is 7.33. The van der Waals surface area contributed by atoms with Gasteiger partial charge in [-0.3, -0.25) is 4.79 Å². The van der Waals surface area contributed by atoms with Crippen molar-refractivity contribution in [1.82, 2.24) is 5.32 Å². The topological polar surface area (TPSA) is 47.6 Å². The first kappa shape index (κ1) is 17.1. The van der Waals surface area contributed by atoms with Crippen LogP contribution in [0.4, 0.5) is 4.39 Å². The lowest BCUT2D eigenvalue weighted by Crippen LogP contribution is -2.27. The molecule has 2 rings (SSSR count). The van der Waals surface area contributed by atoms with E-state index in [9.17, 15) is 9.18 Å². The third-order valence-corrected chi connectivity index (χ3v) is 3.74. The summed E-state index contributed by atoms with van der Waals surface area (Å²) in [6.45, 7) is 1.83. The summed E-state index contributed by atoms with van der Waals surface area (Å²) in [5.74, 6) is 0.319. The van der Waals surface area contributed by atoms with Gasteiger partial charge in [-0.15, -0.1) is 0 Å². The molecular formula is C17H17ClFNO3. The third kappa shape index (κ3) is 3.93. The van der Waals surface area contributed by atoms with Crippen LogP contribution in [0.5, 0.6) is 11.5 Å². The normalized spacial score (nSPS) is 11.7. The Hall–Kier alpha value is -2.27. The minimum Gasteiger partial charge on any atom is -0.493 e. The van der Waals surface area contributed by atoms with Crippen molar-refractivity contribution in [2.75, 3.05) is 14.2 Å². The van der Waals surface area contributed by atoms with Gasteiger partial charge in [-0.2, -0.15) is 0 Å². The quantitative estimate of drug-likeness (QED) is 0.897. The van der Waals surface area contributed by atoms with Crippen LogP contribution in [0, 0.1) is 5.82 Å². The number of carbonyl (C=O) groups excluding carboxylic acids is 1. The molecule has 1 atom stereocenters. The number of halogens is 2. The monoisotopic (exact) mass is 337 g/mol. The van der Waals surface area contributed by atoms with Gasteiger partial charge in [-0.1, -0.05) is 17.7 Å². The molecule has 1 N–H and O–H groups in total. The number of carbonyl (C=O) groups is 1. The number of methoxy groups -OCH3 is 2. The van der Waals surface area contributed by atoms with Crippen LogP contribution in [0.1, 0.15) is 28.9 Å². The Kier molecular flexibility index (Phi) is 5.45. The highest BCUT2D eigenvalue weighted by atomic mass is 35.5. The van der Waals surface area contributed by atoms with Crippen LogP contribution < -0.4 is 14.8 Å². The molecule has 23 heavy (non-hydrogen) atoms. The maximum atomic E-state index is 13.1. The van der Waals surface area contributed by atoms with Gasteiger partial charge in [0.15, 0.2) is 11.5 Å². The third-order valence-electron chi connectivity index (χ3n) is 3.43. The fourth-order valence-electron chi connectivity index (χ4n) is 2.15. The molecule has 4 nitrogen and oxygen atoms in total. The van der Waals surface area contributed by atoms with Gasteiger partial charge in [0, 0.05) is 0 Å². The summed E-state index contributed by atoms with van der Waals surface area (Å²) in [5.41, 5.74) is 1.06. The van der Waals surface area contributed by atoms with E-state index in [4.69, 9.17) is 21.1 Å². The summed E-state index contributed by atoms with van der Waals surface area (Å²) in [6, 6.07) is 8.76. The molecule has 0 saturated carbocycles. The number of hydrogen-bond donors (Lipinski definition) is 1. The number of nitrogens with one attached hydrogen (secondary N) is 1. The van der Waals surface area contributed by atoms with E-state index in [1.54, 1.807) is 26.4 Å². The van der Waals surface area contributed by atoms with Crippen molar-refractivity contribution in [2.24, 2.45) is 0 Å². The first-order chi connectivity index (χ1) is 11.0. The Labute approximate surface area is 139 Å². The molecular weight excluding hydrogens is 321 g/mol. The molecule has 0 unspecified atom stereocenters. The molecule has 1 amide bonds. The van der Waals surface area contributed by atoms with Crippen molar-refractivity contribution < 1.29 is 18.7 Å². The predicted octanol–water partition coefficient (Wildman–Crippen LogP) is 3.99. The van der Waals surface area contributed by atoms with Gasteiger partial charge in [-0.05, 0) is 42.8 Å². The van der Waals surface area contributed by atoms with E-state index in [-0.39, 0.29) is 22.5 Å². The second-order valence-corrected chi connectivity index (χ2v) is 5.34. The molecule has 0 bridgehead atoms. The molecule has 0 radical (unpaired) electrons. The molecule has 2 aromatic carbocycles. The average Bonchev–Trinajstić information content (AvgIpc) is 2.53. The van der Waals surface area contributed by atoms with Crippen LogP contribution in [0.2, 0.25) is 5.02 Å². The van der Waals surface area contributed by atoms with Gasteiger partial charge in [0.25, 0.3) is 5.91 Å². The van der Waals surface area contributed by atoms with Gasteiger partial charge in [-0.25, -0.2) is 4.39 Å². The zero-order valence-electron chi connectivity index (χ0n) is 13.0. The molecule has 0 fully saturated rings. The van der Waals surface area contributed by atoms with Crippen molar-refractivity contribution in [3.63, 3.8) is 0 Å². The highest BCUT2D eigenvalue weighted by Gasteiger charge is 2.16. The van der Waals surface area contributed by atoms with Crippen molar-refractivity contribution in [3.05, 3.63) is 58.4 Å². The van der Waals surface area contributed by atoms with Crippen LogP contribution in [0.15, 0.2) is 36.4 Å². The van der Waals surface area contributed by atoms with Crippen molar-refractivity contribution >= 4 is 17.5 Å². The lowest BCUT2D eigenvalue weighted by molar-refractivity contribution is 0.0940. The number of amides is 1. The molecule has 0 aliphatic rings. The summed E-state index contributed by atoms with van der Waals surface area (Å²) < 4.78 is 23.5. The smallest absolute Gasteiger partial charge is 0.253 e. The van der Waals surface area contributed by atoms with Crippen LogP contribution in [-0.4, -0.2) is 20.1 Å². The van der Waals surface area contributed by atoms with Crippen LogP contribution in [0.25, 0.3) is 0 Å². The van der Waals surface area contributed by atoms with E-state index in [0.717, 1.165) is 11.6 Å². The largest absolute Gasteiger partial charge is 0.493 e. The first-order valence-electron chi connectivity index (χ1n) is 6.94. The minimum absolute atomic E-state index is 0.0713. The SMILES string of the molecule is COc1ccc([C@H](C)NC(=O)c2ccc(F)cc2Cl)cc1OC. The summed E-state index contributed by atoms with van der Waals surface area (Å²) >= 11 is 5.90. The van der Waals surface area contributed by atoms with E-state index >= 15 is 0 Å². The maximum absolute atomic E-state index is 13.1. The Balaban J connectivity index is 2.18. The zero-order valence-corrected chi connectivity index (χ0v) is 13.8. The van der Waals surface area contributed by atoms with E-state index in [2.05, 4.69) is 5.32 Å². The highest BCUT2D eigenvalue weighted by Crippen LogP contribution is 2.30. The van der Waals surface area contributed by atoms with Gasteiger partial charge < -0.3 is 14.8 Å². The Morgan fingerprint density at radius 2 is 1.83 bits per heavy atom. The number of benzene rings is 2. The van der Waals surface area contributed by atoms with E-state index in [1.165, 1.54) is 12.1 Å². The molecule has 0 aromatic heterocycles. The van der Waals surface area contributed by atoms with Crippen LogP contribution in [0.3, 0.4) is 0 Å². The van der Waals surface area contributed by atoms with E-state index in [0.29, 0.717) is 11.5 Å². The molecule has 6 heteroatoms. The van der Waals surface area contributed by atoms with E-state index < -0.39 is 5.82 Å². The lowest BCUT2D eigenvalue weighted by atomic mass is 10.1. The van der Waals surface area contributed by atoms with Crippen molar-refractivity contribution in [3.8, 4) is 11.5 Å². The minimum atomic E-state index is -0.487. The standard InChI is InChI=1S/C17H17ClFNO3/c1-10(11-4-7-15(22-2)16(8-11)23-3)20-17(21)13-6-5-12(19)9-14(13)18/h4-10H,1-3H3,(H,20,21)/t10-/m0/s1. The molecule has 0 aliphatic carbocycles. The Morgan fingerprint density at radius 1 is 1.13 bits per heavy atom. The van der Waals surface area contributed by atoms with E-state index in [1.807, 2.05) is 13.0 Å². The van der Waals surface area contributed by atoms with Gasteiger partial charge in [0.2, 0.25) is 0 Å². The fraction of sp³-hybridized carbons (Fsp3) is 0.235.